The molecule has 7 nitrogen and oxygen atoms in total. The van der Waals surface area contributed by atoms with E-state index in [0.717, 1.165) is 0 Å². The number of nitrogens with zero attached hydrogens (tertiary/aromatic N) is 2. The number of likely N-dealkylation sites (N-methyl/N-ethyl adjacent to an activating group) is 1. The van der Waals surface area contributed by atoms with E-state index in [9.17, 15) is 9.59 Å². The van der Waals surface area contributed by atoms with Crippen LogP contribution in [0.2, 0.25) is 5.02 Å². The molecule has 0 unspecified atom stereocenters. The molecular formula is C14H15ClN4O3. The van der Waals surface area contributed by atoms with Crippen molar-refractivity contribution in [2.75, 3.05) is 19.0 Å². The van der Waals surface area contributed by atoms with Crippen molar-refractivity contribution < 1.29 is 14.3 Å². The second kappa shape index (κ2) is 7.46. The maximum Gasteiger partial charge on any atom is 0.262 e. The van der Waals surface area contributed by atoms with Crippen LogP contribution in [-0.4, -0.2) is 35.2 Å². The number of ether oxygens (including phenoxy) is 1. The van der Waals surface area contributed by atoms with Gasteiger partial charge in [-0.3, -0.25) is 14.3 Å². The van der Waals surface area contributed by atoms with Crippen LogP contribution in [0.1, 0.15) is 0 Å². The second-order valence-corrected chi connectivity index (χ2v) is 4.77. The van der Waals surface area contributed by atoms with Crippen LogP contribution >= 0.6 is 11.6 Å². The highest BCUT2D eigenvalue weighted by molar-refractivity contribution is 6.32. The number of rotatable bonds is 6. The molecule has 0 atom stereocenters. The summed E-state index contributed by atoms with van der Waals surface area (Å²) in [5.74, 6) is -0.0860. The zero-order valence-corrected chi connectivity index (χ0v) is 12.6. The monoisotopic (exact) mass is 322 g/mol. The summed E-state index contributed by atoms with van der Waals surface area (Å²) in [7, 11) is 1.54. The maximum atomic E-state index is 11.8. The van der Waals surface area contributed by atoms with Gasteiger partial charge >= 0.3 is 0 Å². The van der Waals surface area contributed by atoms with Crippen molar-refractivity contribution in [1.29, 1.82) is 0 Å². The fraction of sp³-hybridized carbons (Fsp3) is 0.214. The number of hydrogen-bond donors (Lipinski definition) is 2. The van der Waals surface area contributed by atoms with Crippen LogP contribution in [0.3, 0.4) is 0 Å². The van der Waals surface area contributed by atoms with Crippen LogP contribution < -0.4 is 15.4 Å². The van der Waals surface area contributed by atoms with Gasteiger partial charge in [0.2, 0.25) is 5.91 Å². The molecule has 8 heteroatoms. The molecule has 1 aromatic carbocycles. The highest BCUT2D eigenvalue weighted by Gasteiger charge is 2.08. The smallest absolute Gasteiger partial charge is 0.262 e. The molecule has 2 aromatic rings. The third kappa shape index (κ3) is 4.49. The Morgan fingerprint density at radius 3 is 2.82 bits per heavy atom. The lowest BCUT2D eigenvalue weighted by Gasteiger charge is -2.07. The van der Waals surface area contributed by atoms with Crippen LogP contribution in [0.15, 0.2) is 36.7 Å². The molecule has 2 amide bonds. The fourth-order valence-corrected chi connectivity index (χ4v) is 1.83. The Kier molecular flexibility index (Phi) is 5.37. The number of carbonyl (C=O) groups excluding carboxylic acids is 2. The van der Waals surface area contributed by atoms with E-state index in [1.165, 1.54) is 10.9 Å². The molecule has 0 bridgehead atoms. The van der Waals surface area contributed by atoms with Gasteiger partial charge in [0.25, 0.3) is 5.91 Å². The van der Waals surface area contributed by atoms with Crippen molar-refractivity contribution in [1.82, 2.24) is 15.1 Å². The predicted molar refractivity (Wildman–Crippen MR) is 81.9 cm³/mol. The van der Waals surface area contributed by atoms with Gasteiger partial charge in [0, 0.05) is 13.2 Å². The standard InChI is InChI=1S/C14H15ClN4O3/c1-16-13(20)8-19-7-10(6-17-19)18-14(21)9-22-12-5-3-2-4-11(12)15/h2-7H,8-9H2,1H3,(H,16,20)(H,18,21). The molecule has 0 radical (unpaired) electrons. The Morgan fingerprint density at radius 2 is 2.09 bits per heavy atom. The number of carbonyl (C=O) groups is 2. The van der Waals surface area contributed by atoms with E-state index in [2.05, 4.69) is 15.7 Å². The SMILES string of the molecule is CNC(=O)Cn1cc(NC(=O)COc2ccccc2Cl)cn1. The zero-order valence-electron chi connectivity index (χ0n) is 11.9. The van der Waals surface area contributed by atoms with Gasteiger partial charge in [0.05, 0.1) is 16.9 Å². The van der Waals surface area contributed by atoms with Crippen molar-refractivity contribution >= 4 is 29.1 Å². The topological polar surface area (TPSA) is 85.2 Å². The van der Waals surface area contributed by atoms with E-state index in [-0.39, 0.29) is 25.0 Å². The lowest BCUT2D eigenvalue weighted by molar-refractivity contribution is -0.121. The average Bonchev–Trinajstić information content (AvgIpc) is 2.93. The highest BCUT2D eigenvalue weighted by Crippen LogP contribution is 2.22. The molecule has 0 aliphatic heterocycles. The summed E-state index contributed by atoms with van der Waals surface area (Å²) in [5.41, 5.74) is 0.483. The first kappa shape index (κ1) is 15.8. The molecule has 1 heterocycles. The quantitative estimate of drug-likeness (QED) is 0.839. The molecule has 0 aliphatic rings. The van der Waals surface area contributed by atoms with Gasteiger partial charge in [-0.2, -0.15) is 5.10 Å². The van der Waals surface area contributed by atoms with E-state index < -0.39 is 0 Å². The predicted octanol–water partition coefficient (Wildman–Crippen LogP) is 1.30. The highest BCUT2D eigenvalue weighted by atomic mass is 35.5. The second-order valence-electron chi connectivity index (χ2n) is 4.37. The first-order valence-corrected chi connectivity index (χ1v) is 6.86. The minimum atomic E-state index is -0.348. The van der Waals surface area contributed by atoms with Crippen LogP contribution in [0.5, 0.6) is 5.75 Å². The Morgan fingerprint density at radius 1 is 1.32 bits per heavy atom. The number of anilines is 1. The van der Waals surface area contributed by atoms with Crippen molar-refractivity contribution in [3.05, 3.63) is 41.7 Å². The lowest BCUT2D eigenvalue weighted by atomic mass is 10.3. The largest absolute Gasteiger partial charge is 0.482 e. The third-order valence-corrected chi connectivity index (χ3v) is 3.01. The first-order valence-electron chi connectivity index (χ1n) is 6.48. The number of nitrogens with one attached hydrogen (secondary N) is 2. The normalized spacial score (nSPS) is 10.1. The number of para-hydroxylation sites is 1. The fourth-order valence-electron chi connectivity index (χ4n) is 1.64. The Hall–Kier alpha value is -2.54. The number of halogens is 1. The van der Waals surface area contributed by atoms with Gasteiger partial charge in [0.1, 0.15) is 12.3 Å². The molecule has 116 valence electrons. The van der Waals surface area contributed by atoms with E-state index >= 15 is 0 Å². The van der Waals surface area contributed by atoms with Crippen LogP contribution in [0.4, 0.5) is 5.69 Å². The molecule has 0 saturated carbocycles. The van der Waals surface area contributed by atoms with Crippen LogP contribution in [0.25, 0.3) is 0 Å². The minimum absolute atomic E-state index is 0.0858. The number of amides is 2. The summed E-state index contributed by atoms with van der Waals surface area (Å²) in [4.78, 5) is 23.0. The molecule has 0 fully saturated rings. The van der Waals surface area contributed by atoms with E-state index in [1.807, 2.05) is 0 Å². The minimum Gasteiger partial charge on any atom is -0.482 e. The number of hydrogen-bond acceptors (Lipinski definition) is 4. The zero-order chi connectivity index (χ0) is 15.9. The summed E-state index contributed by atoms with van der Waals surface area (Å²) in [6.07, 6.45) is 3.01. The lowest BCUT2D eigenvalue weighted by Crippen LogP contribution is -2.23. The van der Waals surface area contributed by atoms with E-state index in [0.29, 0.717) is 16.5 Å². The molecule has 2 N–H and O–H groups in total. The first-order chi connectivity index (χ1) is 10.6. The van der Waals surface area contributed by atoms with Crippen LogP contribution in [-0.2, 0) is 16.1 Å². The summed E-state index contributed by atoms with van der Waals surface area (Å²) in [6.45, 7) is -0.0904. The number of benzene rings is 1. The average molecular weight is 323 g/mol. The van der Waals surface area contributed by atoms with Gasteiger partial charge in [-0.05, 0) is 12.1 Å². The molecule has 0 saturated heterocycles. The Labute approximate surface area is 132 Å². The van der Waals surface area contributed by atoms with Gasteiger partial charge in [-0.25, -0.2) is 0 Å². The molecule has 1 aromatic heterocycles. The molecule has 0 aliphatic carbocycles. The van der Waals surface area contributed by atoms with Crippen LogP contribution in [0, 0.1) is 0 Å². The molecule has 2 rings (SSSR count). The van der Waals surface area contributed by atoms with Crippen molar-refractivity contribution in [3.8, 4) is 5.75 Å². The van der Waals surface area contributed by atoms with Crippen molar-refractivity contribution in [3.63, 3.8) is 0 Å². The van der Waals surface area contributed by atoms with Crippen molar-refractivity contribution in [2.24, 2.45) is 0 Å². The molecule has 0 spiro atoms. The summed E-state index contributed by atoms with van der Waals surface area (Å²) in [6, 6.07) is 6.90. The third-order valence-electron chi connectivity index (χ3n) is 2.70. The summed E-state index contributed by atoms with van der Waals surface area (Å²) >= 11 is 5.93. The molecular weight excluding hydrogens is 308 g/mol. The van der Waals surface area contributed by atoms with Gasteiger partial charge < -0.3 is 15.4 Å². The van der Waals surface area contributed by atoms with E-state index in [1.54, 1.807) is 37.5 Å². The number of aromatic nitrogens is 2. The molecule has 22 heavy (non-hydrogen) atoms. The van der Waals surface area contributed by atoms with Gasteiger partial charge in [-0.1, -0.05) is 23.7 Å². The Bertz CT molecular complexity index is 672. The van der Waals surface area contributed by atoms with Gasteiger partial charge in [-0.15, -0.1) is 0 Å². The van der Waals surface area contributed by atoms with Gasteiger partial charge in [0.15, 0.2) is 6.61 Å². The maximum absolute atomic E-state index is 11.8. The Balaban J connectivity index is 1.85. The van der Waals surface area contributed by atoms with E-state index in [4.69, 9.17) is 16.3 Å². The summed E-state index contributed by atoms with van der Waals surface area (Å²) < 4.78 is 6.74. The van der Waals surface area contributed by atoms with Crippen molar-refractivity contribution in [2.45, 2.75) is 6.54 Å². The summed E-state index contributed by atoms with van der Waals surface area (Å²) in [5, 5.41) is 9.52.